The molecule has 8 heteroatoms. The van der Waals surface area contributed by atoms with Crippen molar-refractivity contribution in [3.05, 3.63) is 48.0 Å². The van der Waals surface area contributed by atoms with E-state index in [4.69, 9.17) is 4.74 Å². The maximum atomic E-state index is 12.5. The molecular formula is C18H16F2N2O3S. The number of hydrogen-bond acceptors (Lipinski definition) is 5. The van der Waals surface area contributed by atoms with Gasteiger partial charge >= 0.3 is 6.61 Å². The number of methoxy groups -OCH3 is 1. The van der Waals surface area contributed by atoms with E-state index in [1.807, 2.05) is 18.2 Å². The molecule has 0 aliphatic rings. The third-order valence-electron chi connectivity index (χ3n) is 3.69. The van der Waals surface area contributed by atoms with Crippen LogP contribution in [0.25, 0.3) is 11.0 Å². The number of H-pyrrole nitrogens is 1. The maximum Gasteiger partial charge on any atom is 0.387 e. The van der Waals surface area contributed by atoms with Gasteiger partial charge in [-0.25, -0.2) is 4.98 Å². The number of thioether (sulfide) groups is 1. The fraction of sp³-hybridized carbons (Fsp3) is 0.222. The van der Waals surface area contributed by atoms with E-state index in [0.717, 1.165) is 11.0 Å². The SMILES string of the molecule is COc1ccc2nc(SC(C)C(=O)c3ccc(OC(F)F)cc3)[nH]c2c1. The maximum absolute atomic E-state index is 12.5. The molecule has 0 aliphatic heterocycles. The lowest BCUT2D eigenvalue weighted by Crippen LogP contribution is -2.13. The van der Waals surface area contributed by atoms with Crippen molar-refractivity contribution in [1.29, 1.82) is 0 Å². The Kier molecular flexibility index (Phi) is 5.41. The van der Waals surface area contributed by atoms with Gasteiger partial charge in [-0.05, 0) is 43.3 Å². The van der Waals surface area contributed by atoms with Gasteiger partial charge in [-0.1, -0.05) is 11.8 Å². The predicted molar refractivity (Wildman–Crippen MR) is 95.4 cm³/mol. The lowest BCUT2D eigenvalue weighted by Gasteiger charge is -2.09. The number of benzene rings is 2. The lowest BCUT2D eigenvalue weighted by atomic mass is 10.1. The highest BCUT2D eigenvalue weighted by Crippen LogP contribution is 2.27. The number of imidazole rings is 1. The van der Waals surface area contributed by atoms with E-state index in [-0.39, 0.29) is 11.5 Å². The third kappa shape index (κ3) is 4.13. The Morgan fingerprint density at radius 3 is 2.50 bits per heavy atom. The van der Waals surface area contributed by atoms with Gasteiger partial charge in [0.15, 0.2) is 10.9 Å². The number of nitrogens with one attached hydrogen (secondary N) is 1. The Balaban J connectivity index is 1.70. The molecule has 1 heterocycles. The summed E-state index contributed by atoms with van der Waals surface area (Å²) in [6.45, 7) is -1.12. The van der Waals surface area contributed by atoms with E-state index >= 15 is 0 Å². The second-order valence-corrected chi connectivity index (χ2v) is 6.78. The number of fused-ring (bicyclic) bond motifs is 1. The van der Waals surface area contributed by atoms with Gasteiger partial charge in [0.25, 0.3) is 0 Å². The van der Waals surface area contributed by atoms with Crippen molar-refractivity contribution < 1.29 is 23.0 Å². The molecule has 136 valence electrons. The molecular weight excluding hydrogens is 362 g/mol. The number of Topliss-reactive ketones (excluding diaryl/α,β-unsaturated/α-hetero) is 1. The Morgan fingerprint density at radius 2 is 1.85 bits per heavy atom. The predicted octanol–water partition coefficient (Wildman–Crippen LogP) is 4.54. The molecule has 3 rings (SSSR count). The van der Waals surface area contributed by atoms with Crippen molar-refractivity contribution in [2.45, 2.75) is 23.9 Å². The largest absolute Gasteiger partial charge is 0.497 e. The first-order valence-electron chi connectivity index (χ1n) is 7.76. The van der Waals surface area contributed by atoms with Gasteiger partial charge in [-0.3, -0.25) is 4.79 Å². The first-order chi connectivity index (χ1) is 12.5. The number of nitrogens with zero attached hydrogens (tertiary/aromatic N) is 1. The summed E-state index contributed by atoms with van der Waals surface area (Å²) in [5.41, 5.74) is 2.02. The summed E-state index contributed by atoms with van der Waals surface area (Å²) >= 11 is 1.29. The zero-order chi connectivity index (χ0) is 18.7. The molecule has 2 aromatic carbocycles. The Hall–Kier alpha value is -2.61. The normalized spacial score (nSPS) is 12.3. The highest BCUT2D eigenvalue weighted by molar-refractivity contribution is 8.00. The van der Waals surface area contributed by atoms with E-state index in [2.05, 4.69) is 14.7 Å². The number of ketones is 1. The van der Waals surface area contributed by atoms with E-state index in [9.17, 15) is 13.6 Å². The molecule has 1 atom stereocenters. The van der Waals surface area contributed by atoms with Crippen LogP contribution in [0.15, 0.2) is 47.6 Å². The van der Waals surface area contributed by atoms with Crippen molar-refractivity contribution in [2.75, 3.05) is 7.11 Å². The molecule has 0 fully saturated rings. The van der Waals surface area contributed by atoms with Gasteiger partial charge in [0.05, 0.1) is 23.4 Å². The van der Waals surface area contributed by atoms with Gasteiger partial charge in [0, 0.05) is 11.6 Å². The number of rotatable bonds is 7. The highest BCUT2D eigenvalue weighted by Gasteiger charge is 2.19. The van der Waals surface area contributed by atoms with Crippen molar-refractivity contribution in [1.82, 2.24) is 9.97 Å². The van der Waals surface area contributed by atoms with E-state index < -0.39 is 11.9 Å². The van der Waals surface area contributed by atoms with E-state index in [1.165, 1.54) is 36.0 Å². The summed E-state index contributed by atoms with van der Waals surface area (Å²) in [6.07, 6.45) is 0. The van der Waals surface area contributed by atoms with Crippen LogP contribution < -0.4 is 9.47 Å². The molecule has 3 aromatic rings. The molecule has 0 amide bonds. The molecule has 0 saturated carbocycles. The van der Waals surface area contributed by atoms with Crippen molar-refractivity contribution in [2.24, 2.45) is 0 Å². The molecule has 1 aromatic heterocycles. The molecule has 0 saturated heterocycles. The standard InChI is InChI=1S/C18H16F2N2O3S/c1-10(16(23)11-3-5-12(6-4-11)25-17(19)20)26-18-21-14-8-7-13(24-2)9-15(14)22-18/h3-10,17H,1-2H3,(H,21,22). The first kappa shape index (κ1) is 18.2. The number of aromatic amines is 1. The van der Waals surface area contributed by atoms with Gasteiger partial charge in [-0.2, -0.15) is 8.78 Å². The van der Waals surface area contributed by atoms with Crippen LogP contribution >= 0.6 is 11.8 Å². The fourth-order valence-electron chi connectivity index (χ4n) is 2.40. The summed E-state index contributed by atoms with van der Waals surface area (Å²) < 4.78 is 33.8. The minimum atomic E-state index is -2.89. The van der Waals surface area contributed by atoms with Gasteiger partial charge in [0.2, 0.25) is 0 Å². The van der Waals surface area contributed by atoms with Crippen LogP contribution in [0.3, 0.4) is 0 Å². The van der Waals surface area contributed by atoms with Gasteiger partial charge < -0.3 is 14.5 Å². The quantitative estimate of drug-likeness (QED) is 0.483. The summed E-state index contributed by atoms with van der Waals surface area (Å²) in [5.74, 6) is 0.604. The Labute approximate surface area is 152 Å². The number of alkyl halides is 2. The highest BCUT2D eigenvalue weighted by atomic mass is 32.2. The molecule has 1 N–H and O–H groups in total. The summed E-state index contributed by atoms with van der Waals surface area (Å²) in [5, 5.41) is 0.214. The average Bonchev–Trinajstić information content (AvgIpc) is 3.02. The molecule has 0 spiro atoms. The topological polar surface area (TPSA) is 64.2 Å². The van der Waals surface area contributed by atoms with Crippen LogP contribution in [0.2, 0.25) is 0 Å². The van der Waals surface area contributed by atoms with Crippen LogP contribution in [0, 0.1) is 0 Å². The molecule has 0 radical (unpaired) electrons. The van der Waals surface area contributed by atoms with Crippen LogP contribution in [-0.2, 0) is 0 Å². The summed E-state index contributed by atoms with van der Waals surface area (Å²) in [6, 6.07) is 11.1. The number of aromatic nitrogens is 2. The molecule has 0 aliphatic carbocycles. The molecule has 0 bridgehead atoms. The Bertz CT molecular complexity index is 912. The second kappa shape index (κ2) is 7.74. The summed E-state index contributed by atoms with van der Waals surface area (Å²) in [7, 11) is 1.59. The van der Waals surface area contributed by atoms with E-state index in [1.54, 1.807) is 14.0 Å². The van der Waals surface area contributed by atoms with Crippen molar-refractivity contribution in [3.63, 3.8) is 0 Å². The minimum Gasteiger partial charge on any atom is -0.497 e. The van der Waals surface area contributed by atoms with Gasteiger partial charge in [0.1, 0.15) is 11.5 Å². The Morgan fingerprint density at radius 1 is 1.15 bits per heavy atom. The van der Waals surface area contributed by atoms with E-state index in [0.29, 0.717) is 16.5 Å². The zero-order valence-electron chi connectivity index (χ0n) is 14.0. The first-order valence-corrected chi connectivity index (χ1v) is 8.63. The van der Waals surface area contributed by atoms with Crippen LogP contribution in [0.4, 0.5) is 8.78 Å². The van der Waals surface area contributed by atoms with Crippen LogP contribution in [0.1, 0.15) is 17.3 Å². The zero-order valence-corrected chi connectivity index (χ0v) is 14.8. The molecule has 26 heavy (non-hydrogen) atoms. The minimum absolute atomic E-state index is 0.0167. The third-order valence-corrected chi connectivity index (χ3v) is 4.67. The molecule has 5 nitrogen and oxygen atoms in total. The lowest BCUT2D eigenvalue weighted by molar-refractivity contribution is -0.0498. The molecule has 1 unspecified atom stereocenters. The second-order valence-electron chi connectivity index (χ2n) is 5.45. The summed E-state index contributed by atoms with van der Waals surface area (Å²) in [4.78, 5) is 20.1. The van der Waals surface area contributed by atoms with Crippen LogP contribution in [0.5, 0.6) is 11.5 Å². The number of carbonyl (C=O) groups excluding carboxylic acids is 1. The van der Waals surface area contributed by atoms with Crippen molar-refractivity contribution in [3.8, 4) is 11.5 Å². The number of hydrogen-bond donors (Lipinski definition) is 1. The number of halogens is 2. The number of ether oxygens (including phenoxy) is 2. The van der Waals surface area contributed by atoms with Gasteiger partial charge in [-0.15, -0.1) is 0 Å². The van der Waals surface area contributed by atoms with Crippen molar-refractivity contribution >= 4 is 28.6 Å². The smallest absolute Gasteiger partial charge is 0.387 e. The average molecular weight is 378 g/mol. The fourth-order valence-corrected chi connectivity index (χ4v) is 3.30. The monoisotopic (exact) mass is 378 g/mol. The number of carbonyl (C=O) groups is 1. The van der Waals surface area contributed by atoms with Crippen LogP contribution in [-0.4, -0.2) is 34.7 Å².